The van der Waals surface area contributed by atoms with E-state index in [9.17, 15) is 10.1 Å². The molecule has 142 valence electrons. The fourth-order valence-electron chi connectivity index (χ4n) is 4.08. The third kappa shape index (κ3) is 3.63. The van der Waals surface area contributed by atoms with Crippen LogP contribution in [0.1, 0.15) is 43.1 Å². The predicted molar refractivity (Wildman–Crippen MR) is 108 cm³/mol. The van der Waals surface area contributed by atoms with Crippen LogP contribution in [-0.4, -0.2) is 26.9 Å². The summed E-state index contributed by atoms with van der Waals surface area (Å²) in [6.45, 7) is 3.50. The summed E-state index contributed by atoms with van der Waals surface area (Å²) in [5.41, 5.74) is 3.55. The molecule has 2 heterocycles. The maximum absolute atomic E-state index is 12.5. The second-order valence-corrected chi connectivity index (χ2v) is 7.55. The first-order chi connectivity index (χ1) is 13.7. The molecule has 3 aromatic rings. The summed E-state index contributed by atoms with van der Waals surface area (Å²) in [4.78, 5) is 19.3. The minimum Gasteiger partial charge on any atom is -0.324 e. The van der Waals surface area contributed by atoms with Gasteiger partial charge < -0.3 is 9.47 Å². The lowest BCUT2D eigenvalue weighted by atomic mass is 10.0. The molecule has 2 aromatic carbocycles. The number of nitriles is 1. The number of rotatable bonds is 6. The van der Waals surface area contributed by atoms with E-state index in [0.717, 1.165) is 36.2 Å². The molecule has 0 aliphatic carbocycles. The van der Waals surface area contributed by atoms with Crippen LogP contribution >= 0.6 is 0 Å². The summed E-state index contributed by atoms with van der Waals surface area (Å²) in [6.07, 6.45) is 3.54. The maximum Gasteiger partial charge on any atom is 0.224 e. The molecule has 1 aliphatic rings. The average Bonchev–Trinajstić information content (AvgIpc) is 3.22. The van der Waals surface area contributed by atoms with E-state index in [2.05, 4.69) is 29.7 Å². The molecule has 0 radical (unpaired) electrons. The summed E-state index contributed by atoms with van der Waals surface area (Å²) < 4.78 is 2.13. The van der Waals surface area contributed by atoms with Gasteiger partial charge in [0, 0.05) is 19.4 Å². The lowest BCUT2D eigenvalue weighted by molar-refractivity contribution is -0.129. The second-order valence-electron chi connectivity index (χ2n) is 7.55. The van der Waals surface area contributed by atoms with Crippen LogP contribution < -0.4 is 0 Å². The number of likely N-dealkylation sites (tertiary alicyclic amines) is 1. The standard InChI is InChI=1S/C23H24N4O/c1-2-6-19-13-23(28)26(15-19)16-27-21-10-9-18(14-24)11-20(21)25-22(27)12-17-7-4-3-5-8-17/h3-5,7-11,19H,2,6,12-13,15-16H2,1H3. The Labute approximate surface area is 165 Å². The molecule has 1 amide bonds. The molecule has 1 fully saturated rings. The van der Waals surface area contributed by atoms with Gasteiger partial charge in [-0.3, -0.25) is 4.79 Å². The highest BCUT2D eigenvalue weighted by molar-refractivity contribution is 5.80. The van der Waals surface area contributed by atoms with E-state index < -0.39 is 0 Å². The predicted octanol–water partition coefficient (Wildman–Crippen LogP) is 4.10. The fourth-order valence-corrected chi connectivity index (χ4v) is 4.08. The highest BCUT2D eigenvalue weighted by atomic mass is 16.2. The van der Waals surface area contributed by atoms with Crippen molar-refractivity contribution in [3.8, 4) is 6.07 Å². The summed E-state index contributed by atoms with van der Waals surface area (Å²) in [7, 11) is 0. The first kappa shape index (κ1) is 18.2. The van der Waals surface area contributed by atoms with Crippen molar-refractivity contribution in [2.45, 2.75) is 39.3 Å². The molecule has 5 heteroatoms. The van der Waals surface area contributed by atoms with E-state index >= 15 is 0 Å². The van der Waals surface area contributed by atoms with Gasteiger partial charge in [0.15, 0.2) is 0 Å². The van der Waals surface area contributed by atoms with Crippen molar-refractivity contribution in [1.29, 1.82) is 5.26 Å². The molecule has 5 nitrogen and oxygen atoms in total. The fraction of sp³-hybridized carbons (Fsp3) is 0.348. The molecule has 0 spiro atoms. The highest BCUT2D eigenvalue weighted by Crippen LogP contribution is 2.26. The van der Waals surface area contributed by atoms with Crippen molar-refractivity contribution in [1.82, 2.24) is 14.5 Å². The second kappa shape index (κ2) is 7.85. The Kier molecular flexibility index (Phi) is 5.12. The smallest absolute Gasteiger partial charge is 0.224 e. The number of aromatic nitrogens is 2. The Morgan fingerprint density at radius 2 is 2.04 bits per heavy atom. The van der Waals surface area contributed by atoms with Crippen molar-refractivity contribution in [3.05, 3.63) is 65.5 Å². The molecule has 1 aliphatic heterocycles. The van der Waals surface area contributed by atoms with Gasteiger partial charge in [0.1, 0.15) is 5.82 Å². The van der Waals surface area contributed by atoms with Gasteiger partial charge in [0.25, 0.3) is 0 Å². The quantitative estimate of drug-likeness (QED) is 0.654. The third-order valence-electron chi connectivity index (χ3n) is 5.47. The van der Waals surface area contributed by atoms with E-state index in [4.69, 9.17) is 4.98 Å². The van der Waals surface area contributed by atoms with Crippen LogP contribution in [0.15, 0.2) is 48.5 Å². The lowest BCUT2D eigenvalue weighted by Gasteiger charge is -2.20. The van der Waals surface area contributed by atoms with Crippen LogP contribution in [0.4, 0.5) is 0 Å². The normalized spacial score (nSPS) is 16.6. The van der Waals surface area contributed by atoms with Crippen molar-refractivity contribution in [2.24, 2.45) is 5.92 Å². The Balaban J connectivity index is 1.69. The van der Waals surface area contributed by atoms with Crippen molar-refractivity contribution >= 4 is 16.9 Å². The number of fused-ring (bicyclic) bond motifs is 1. The van der Waals surface area contributed by atoms with E-state index in [0.29, 0.717) is 31.0 Å². The molecule has 1 atom stereocenters. The van der Waals surface area contributed by atoms with Crippen LogP contribution in [0, 0.1) is 17.2 Å². The molecular weight excluding hydrogens is 348 g/mol. The van der Waals surface area contributed by atoms with Gasteiger partial charge in [-0.25, -0.2) is 4.98 Å². The number of carbonyl (C=O) groups excluding carboxylic acids is 1. The lowest BCUT2D eigenvalue weighted by Crippen LogP contribution is -2.28. The van der Waals surface area contributed by atoms with Crippen LogP contribution in [0.25, 0.3) is 11.0 Å². The molecular formula is C23H24N4O. The van der Waals surface area contributed by atoms with E-state index in [1.54, 1.807) is 0 Å². The average molecular weight is 372 g/mol. The van der Waals surface area contributed by atoms with Crippen LogP contribution in [0.5, 0.6) is 0 Å². The number of hydrogen-bond donors (Lipinski definition) is 0. The van der Waals surface area contributed by atoms with Crippen molar-refractivity contribution in [2.75, 3.05) is 6.54 Å². The summed E-state index contributed by atoms with van der Waals surface area (Å²) >= 11 is 0. The number of hydrogen-bond acceptors (Lipinski definition) is 3. The molecule has 0 saturated carbocycles. The Morgan fingerprint density at radius 3 is 2.79 bits per heavy atom. The number of amides is 1. The molecule has 0 bridgehead atoms. The van der Waals surface area contributed by atoms with Crippen molar-refractivity contribution < 1.29 is 4.79 Å². The van der Waals surface area contributed by atoms with E-state index in [1.807, 2.05) is 41.3 Å². The molecule has 1 unspecified atom stereocenters. The summed E-state index contributed by atoms with van der Waals surface area (Å²) in [6, 6.07) is 18.0. The van der Waals surface area contributed by atoms with Crippen LogP contribution in [0.2, 0.25) is 0 Å². The van der Waals surface area contributed by atoms with Gasteiger partial charge in [-0.1, -0.05) is 43.7 Å². The number of benzene rings is 2. The maximum atomic E-state index is 12.5. The van der Waals surface area contributed by atoms with Gasteiger partial charge >= 0.3 is 0 Å². The largest absolute Gasteiger partial charge is 0.324 e. The first-order valence-corrected chi connectivity index (χ1v) is 9.89. The van der Waals surface area contributed by atoms with E-state index in [1.165, 1.54) is 5.56 Å². The molecule has 1 saturated heterocycles. The van der Waals surface area contributed by atoms with Gasteiger partial charge in [0.05, 0.1) is 29.3 Å². The number of carbonyl (C=O) groups is 1. The van der Waals surface area contributed by atoms with Gasteiger partial charge in [-0.15, -0.1) is 0 Å². The molecule has 0 N–H and O–H groups in total. The third-order valence-corrected chi connectivity index (χ3v) is 5.47. The number of imidazole rings is 1. The monoisotopic (exact) mass is 372 g/mol. The molecule has 1 aromatic heterocycles. The SMILES string of the molecule is CCCC1CC(=O)N(Cn2c(Cc3ccccc3)nc3cc(C#N)ccc32)C1. The summed E-state index contributed by atoms with van der Waals surface area (Å²) in [5.74, 6) is 1.60. The van der Waals surface area contributed by atoms with Gasteiger partial charge in [0.2, 0.25) is 5.91 Å². The van der Waals surface area contributed by atoms with Crippen LogP contribution in [-0.2, 0) is 17.9 Å². The zero-order valence-corrected chi connectivity index (χ0v) is 16.1. The zero-order valence-electron chi connectivity index (χ0n) is 16.1. The Hall–Kier alpha value is -3.13. The van der Waals surface area contributed by atoms with Gasteiger partial charge in [-0.05, 0) is 36.1 Å². The number of nitrogens with zero attached hydrogens (tertiary/aromatic N) is 4. The minimum atomic E-state index is 0.222. The minimum absolute atomic E-state index is 0.222. The van der Waals surface area contributed by atoms with Gasteiger partial charge in [-0.2, -0.15) is 5.26 Å². The van der Waals surface area contributed by atoms with Crippen molar-refractivity contribution in [3.63, 3.8) is 0 Å². The first-order valence-electron chi connectivity index (χ1n) is 9.89. The summed E-state index contributed by atoms with van der Waals surface area (Å²) in [5, 5.41) is 9.22. The van der Waals surface area contributed by atoms with Crippen LogP contribution in [0.3, 0.4) is 0 Å². The Bertz CT molecular complexity index is 1030. The zero-order chi connectivity index (χ0) is 19.5. The van der Waals surface area contributed by atoms with E-state index in [-0.39, 0.29) is 5.91 Å². The topological polar surface area (TPSA) is 61.9 Å². The Morgan fingerprint density at radius 1 is 1.21 bits per heavy atom. The molecule has 4 rings (SSSR count). The highest BCUT2D eigenvalue weighted by Gasteiger charge is 2.29. The molecule has 28 heavy (non-hydrogen) atoms.